The van der Waals surface area contributed by atoms with Gasteiger partial charge in [0.25, 0.3) is 5.91 Å². The summed E-state index contributed by atoms with van der Waals surface area (Å²) in [4.78, 5) is 28.5. The first kappa shape index (κ1) is 17.6. The number of carbonyl (C=O) groups is 2. The van der Waals surface area contributed by atoms with E-state index < -0.39 is 6.03 Å². The van der Waals surface area contributed by atoms with E-state index in [1.54, 1.807) is 5.38 Å². The molecule has 3 amide bonds. The second-order valence-corrected chi connectivity index (χ2v) is 6.61. The molecule has 0 fully saturated rings. The fraction of sp³-hybridized carbons (Fsp3) is 0.105. The Hall–Kier alpha value is -3.19. The zero-order valence-corrected chi connectivity index (χ0v) is 15.2. The quantitative estimate of drug-likeness (QED) is 0.628. The first-order chi connectivity index (χ1) is 12.5. The van der Waals surface area contributed by atoms with Crippen LogP contribution >= 0.6 is 11.3 Å². The Kier molecular flexibility index (Phi) is 5.28. The number of benzene rings is 2. The van der Waals surface area contributed by atoms with Crippen molar-refractivity contribution >= 4 is 39.8 Å². The molecule has 3 aromatic rings. The predicted octanol–water partition coefficient (Wildman–Crippen LogP) is 4.66. The Balaban J connectivity index is 1.60. The second-order valence-electron chi connectivity index (χ2n) is 5.75. The molecule has 2 aromatic carbocycles. The maximum atomic E-state index is 12.3. The molecule has 1 aromatic heterocycles. The molecule has 0 unspecified atom stereocenters. The number of nitrogens with one attached hydrogen (secondary N) is 3. The molecule has 0 aliphatic rings. The van der Waals surface area contributed by atoms with Crippen LogP contribution in [0.5, 0.6) is 0 Å². The molecule has 0 aliphatic heterocycles. The number of amides is 3. The van der Waals surface area contributed by atoms with Gasteiger partial charge in [0.2, 0.25) is 0 Å². The molecule has 132 valence electrons. The van der Waals surface area contributed by atoms with Gasteiger partial charge in [-0.05, 0) is 37.6 Å². The van der Waals surface area contributed by atoms with E-state index >= 15 is 0 Å². The molecule has 26 heavy (non-hydrogen) atoms. The van der Waals surface area contributed by atoms with Crippen LogP contribution in [-0.2, 0) is 0 Å². The second kappa shape index (κ2) is 7.79. The van der Waals surface area contributed by atoms with Crippen molar-refractivity contribution in [1.82, 2.24) is 4.98 Å². The van der Waals surface area contributed by atoms with E-state index in [1.165, 1.54) is 11.3 Å². The third-order valence-electron chi connectivity index (χ3n) is 3.66. The third-order valence-corrected chi connectivity index (χ3v) is 4.42. The van der Waals surface area contributed by atoms with Gasteiger partial charge in [0, 0.05) is 16.8 Å². The molecule has 0 bridgehead atoms. The fourth-order valence-corrected chi connectivity index (χ4v) is 2.92. The highest BCUT2D eigenvalue weighted by atomic mass is 32.1. The number of hydrogen-bond donors (Lipinski definition) is 3. The van der Waals surface area contributed by atoms with Crippen LogP contribution < -0.4 is 16.0 Å². The third kappa shape index (κ3) is 4.46. The maximum Gasteiger partial charge on any atom is 0.325 e. The predicted molar refractivity (Wildman–Crippen MR) is 105 cm³/mol. The van der Waals surface area contributed by atoms with Gasteiger partial charge in [-0.3, -0.25) is 10.1 Å². The molecule has 0 spiro atoms. The van der Waals surface area contributed by atoms with Crippen molar-refractivity contribution in [2.45, 2.75) is 13.8 Å². The minimum Gasteiger partial charge on any atom is -0.320 e. The smallest absolute Gasteiger partial charge is 0.320 e. The van der Waals surface area contributed by atoms with Gasteiger partial charge in [-0.2, -0.15) is 0 Å². The lowest BCUT2D eigenvalue weighted by atomic mass is 10.2. The van der Waals surface area contributed by atoms with Gasteiger partial charge in [-0.15, -0.1) is 11.3 Å². The van der Waals surface area contributed by atoms with E-state index in [9.17, 15) is 9.59 Å². The summed E-state index contributed by atoms with van der Waals surface area (Å²) >= 11 is 1.19. The lowest BCUT2D eigenvalue weighted by Crippen LogP contribution is -2.19. The molecule has 0 saturated heterocycles. The number of thiazole rings is 1. The van der Waals surface area contributed by atoms with Gasteiger partial charge >= 0.3 is 6.03 Å². The number of urea groups is 1. The molecule has 3 rings (SSSR count). The van der Waals surface area contributed by atoms with Crippen molar-refractivity contribution < 1.29 is 9.59 Å². The van der Waals surface area contributed by atoms with Crippen LogP contribution in [0.2, 0.25) is 0 Å². The number of aromatic nitrogens is 1. The molecule has 0 atom stereocenters. The summed E-state index contributed by atoms with van der Waals surface area (Å²) in [5.74, 6) is -0.317. The zero-order chi connectivity index (χ0) is 18.5. The Morgan fingerprint density at radius 2 is 1.65 bits per heavy atom. The average molecular weight is 366 g/mol. The number of para-hydroxylation sites is 1. The highest BCUT2D eigenvalue weighted by molar-refractivity contribution is 7.14. The lowest BCUT2D eigenvalue weighted by Gasteiger charge is -2.06. The number of carbonyl (C=O) groups excluding carboxylic acids is 2. The van der Waals surface area contributed by atoms with Crippen molar-refractivity contribution in [3.63, 3.8) is 0 Å². The number of aryl methyl sites for hydroxylation is 2. The highest BCUT2D eigenvalue weighted by Gasteiger charge is 2.13. The van der Waals surface area contributed by atoms with Crippen molar-refractivity contribution in [3.8, 4) is 0 Å². The van der Waals surface area contributed by atoms with Crippen LogP contribution in [0.1, 0.15) is 21.6 Å². The van der Waals surface area contributed by atoms with E-state index in [-0.39, 0.29) is 11.6 Å². The Bertz CT molecular complexity index is 935. The fourth-order valence-electron chi connectivity index (χ4n) is 2.23. The van der Waals surface area contributed by atoms with Gasteiger partial charge in [0.15, 0.2) is 5.13 Å². The van der Waals surface area contributed by atoms with Gasteiger partial charge < -0.3 is 10.6 Å². The molecular weight excluding hydrogens is 348 g/mol. The molecule has 0 aliphatic carbocycles. The molecule has 0 saturated carbocycles. The Labute approximate surface area is 155 Å². The van der Waals surface area contributed by atoms with Crippen LogP contribution in [0.25, 0.3) is 0 Å². The van der Waals surface area contributed by atoms with E-state index in [2.05, 4.69) is 20.9 Å². The van der Waals surface area contributed by atoms with Crippen molar-refractivity contribution in [1.29, 1.82) is 0 Å². The lowest BCUT2D eigenvalue weighted by molar-refractivity contribution is 0.102. The topological polar surface area (TPSA) is 83.1 Å². The van der Waals surface area contributed by atoms with Crippen LogP contribution in [0.3, 0.4) is 0 Å². The van der Waals surface area contributed by atoms with Gasteiger partial charge in [0.05, 0.1) is 0 Å². The summed E-state index contributed by atoms with van der Waals surface area (Å²) in [6.07, 6.45) is 0. The Morgan fingerprint density at radius 1 is 0.923 bits per heavy atom. The van der Waals surface area contributed by atoms with E-state index in [1.807, 2.05) is 62.4 Å². The maximum absolute atomic E-state index is 12.3. The first-order valence-corrected chi connectivity index (χ1v) is 8.86. The molecule has 6 nitrogen and oxygen atoms in total. The number of hydrogen-bond acceptors (Lipinski definition) is 4. The van der Waals surface area contributed by atoms with Gasteiger partial charge in [0.1, 0.15) is 5.69 Å². The monoisotopic (exact) mass is 366 g/mol. The van der Waals surface area contributed by atoms with Crippen LogP contribution in [0.15, 0.2) is 53.9 Å². The van der Waals surface area contributed by atoms with Crippen molar-refractivity contribution in [2.24, 2.45) is 0 Å². The van der Waals surface area contributed by atoms with Crippen LogP contribution in [0, 0.1) is 13.8 Å². The van der Waals surface area contributed by atoms with Crippen LogP contribution in [0.4, 0.5) is 21.3 Å². The molecule has 1 heterocycles. The Morgan fingerprint density at radius 3 is 2.38 bits per heavy atom. The number of rotatable bonds is 4. The normalized spacial score (nSPS) is 10.2. The summed E-state index contributed by atoms with van der Waals surface area (Å²) in [6, 6.07) is 14.5. The SMILES string of the molecule is Cc1ccc(NC(=O)Nc2nc(C(=O)Nc3ccccc3C)cs2)cc1. The largest absolute Gasteiger partial charge is 0.325 e. The summed E-state index contributed by atoms with van der Waals surface area (Å²) in [5.41, 5.74) is 3.75. The first-order valence-electron chi connectivity index (χ1n) is 7.98. The summed E-state index contributed by atoms with van der Waals surface area (Å²) in [5, 5.41) is 10.1. The zero-order valence-electron chi connectivity index (χ0n) is 14.4. The molecule has 7 heteroatoms. The molecule has 3 N–H and O–H groups in total. The standard InChI is InChI=1S/C19H18N4O2S/c1-12-7-9-14(10-8-12)20-18(25)23-19-22-16(11-26-19)17(24)21-15-6-4-3-5-13(15)2/h3-11H,1-2H3,(H,21,24)(H2,20,22,23,25). The summed E-state index contributed by atoms with van der Waals surface area (Å²) < 4.78 is 0. The van der Waals surface area contributed by atoms with Crippen LogP contribution in [-0.4, -0.2) is 16.9 Å². The highest BCUT2D eigenvalue weighted by Crippen LogP contribution is 2.19. The summed E-state index contributed by atoms with van der Waals surface area (Å²) in [6.45, 7) is 3.89. The minimum absolute atomic E-state index is 0.254. The average Bonchev–Trinajstić information content (AvgIpc) is 3.07. The van der Waals surface area contributed by atoms with E-state index in [0.717, 1.165) is 16.8 Å². The van der Waals surface area contributed by atoms with E-state index in [4.69, 9.17) is 0 Å². The number of anilines is 3. The summed E-state index contributed by atoms with van der Waals surface area (Å²) in [7, 11) is 0. The minimum atomic E-state index is -0.408. The molecule has 0 radical (unpaired) electrons. The van der Waals surface area contributed by atoms with Gasteiger partial charge in [-0.25, -0.2) is 9.78 Å². The van der Waals surface area contributed by atoms with Gasteiger partial charge in [-0.1, -0.05) is 35.9 Å². The van der Waals surface area contributed by atoms with E-state index in [0.29, 0.717) is 10.8 Å². The van der Waals surface area contributed by atoms with Crippen molar-refractivity contribution in [2.75, 3.05) is 16.0 Å². The molecular formula is C19H18N4O2S. The number of nitrogens with zero attached hydrogens (tertiary/aromatic N) is 1. The van der Waals surface area contributed by atoms with Crippen molar-refractivity contribution in [3.05, 3.63) is 70.7 Å².